The summed E-state index contributed by atoms with van der Waals surface area (Å²) in [5, 5.41) is 10.2. The Morgan fingerprint density at radius 2 is 1.87 bits per heavy atom. The zero-order chi connectivity index (χ0) is 21.3. The highest BCUT2D eigenvalue weighted by molar-refractivity contribution is 6.33. The van der Waals surface area contributed by atoms with Crippen LogP contribution in [0.5, 0.6) is 0 Å². The van der Waals surface area contributed by atoms with E-state index >= 15 is 0 Å². The summed E-state index contributed by atoms with van der Waals surface area (Å²) < 4.78 is 14.6. The highest BCUT2D eigenvalue weighted by Gasteiger charge is 2.19. The number of anilines is 1. The second-order valence-corrected chi connectivity index (χ2v) is 8.30. The largest absolute Gasteiger partial charge is 0.380 e. The third kappa shape index (κ3) is 6.44. The fourth-order valence-electron chi connectivity index (χ4n) is 3.83. The van der Waals surface area contributed by atoms with Crippen molar-refractivity contribution in [2.45, 2.75) is 58.0 Å². The molecule has 0 heterocycles. The van der Waals surface area contributed by atoms with Crippen molar-refractivity contribution < 1.29 is 9.18 Å². The van der Waals surface area contributed by atoms with Gasteiger partial charge < -0.3 is 16.0 Å². The molecule has 1 aliphatic carbocycles. The molecule has 1 fully saturated rings. The van der Waals surface area contributed by atoms with Crippen LogP contribution in [-0.2, 0) is 13.0 Å². The lowest BCUT2D eigenvalue weighted by molar-refractivity contribution is 0.0923. The molecule has 4 nitrogen and oxygen atoms in total. The maximum Gasteiger partial charge on any atom is 0.254 e. The van der Waals surface area contributed by atoms with Crippen LogP contribution in [0.4, 0.5) is 10.1 Å². The fourth-order valence-corrected chi connectivity index (χ4v) is 4.02. The molecule has 3 rings (SSSR count). The Hall–Kier alpha value is -2.11. The van der Waals surface area contributed by atoms with Crippen molar-refractivity contribution in [1.82, 2.24) is 10.6 Å². The van der Waals surface area contributed by atoms with Crippen molar-refractivity contribution >= 4 is 23.2 Å². The minimum atomic E-state index is -0.493. The predicted molar refractivity (Wildman–Crippen MR) is 122 cm³/mol. The summed E-state index contributed by atoms with van der Waals surface area (Å²) in [6, 6.07) is 10.9. The molecule has 0 unspecified atom stereocenters. The molecule has 0 saturated heterocycles. The minimum absolute atomic E-state index is 0.104. The number of rotatable bonds is 9. The maximum atomic E-state index is 14.6. The molecule has 30 heavy (non-hydrogen) atoms. The molecule has 1 aliphatic rings. The first-order valence-corrected chi connectivity index (χ1v) is 11.3. The molecule has 0 aliphatic heterocycles. The zero-order valence-electron chi connectivity index (χ0n) is 17.6. The van der Waals surface area contributed by atoms with Crippen LogP contribution >= 0.6 is 11.6 Å². The van der Waals surface area contributed by atoms with Crippen LogP contribution < -0.4 is 16.0 Å². The Balaban J connectivity index is 1.59. The van der Waals surface area contributed by atoms with Crippen LogP contribution in [0.3, 0.4) is 0 Å². The van der Waals surface area contributed by atoms with E-state index in [1.807, 2.05) is 18.2 Å². The van der Waals surface area contributed by atoms with Gasteiger partial charge in [-0.2, -0.15) is 0 Å². The Bertz CT molecular complexity index is 852. The normalized spacial score (nSPS) is 14.5. The fraction of sp³-hybridized carbons (Fsp3) is 0.458. The van der Waals surface area contributed by atoms with E-state index in [4.69, 9.17) is 11.6 Å². The quantitative estimate of drug-likeness (QED) is 0.472. The van der Waals surface area contributed by atoms with Gasteiger partial charge in [-0.1, -0.05) is 49.9 Å². The number of hydrogen-bond acceptors (Lipinski definition) is 3. The van der Waals surface area contributed by atoms with E-state index in [9.17, 15) is 9.18 Å². The lowest BCUT2D eigenvalue weighted by atomic mass is 9.95. The van der Waals surface area contributed by atoms with E-state index in [0.29, 0.717) is 11.6 Å². The highest BCUT2D eigenvalue weighted by Crippen LogP contribution is 2.24. The molecule has 3 N–H and O–H groups in total. The van der Waals surface area contributed by atoms with Crippen molar-refractivity contribution in [3.8, 4) is 0 Å². The number of hydrogen-bond donors (Lipinski definition) is 3. The van der Waals surface area contributed by atoms with Gasteiger partial charge in [-0.05, 0) is 67.7 Å². The molecule has 162 valence electrons. The summed E-state index contributed by atoms with van der Waals surface area (Å²) in [6.45, 7) is 4.36. The summed E-state index contributed by atoms with van der Waals surface area (Å²) in [5.74, 6) is -0.816. The van der Waals surface area contributed by atoms with Gasteiger partial charge in [-0.15, -0.1) is 0 Å². The van der Waals surface area contributed by atoms with E-state index in [1.54, 1.807) is 12.1 Å². The Kier molecular flexibility index (Phi) is 8.52. The molecular weight excluding hydrogens is 401 g/mol. The first kappa shape index (κ1) is 22.6. The van der Waals surface area contributed by atoms with E-state index in [2.05, 4.69) is 22.9 Å². The highest BCUT2D eigenvalue weighted by atomic mass is 35.5. The summed E-state index contributed by atoms with van der Waals surface area (Å²) in [5.41, 5.74) is 2.87. The first-order valence-electron chi connectivity index (χ1n) is 10.9. The summed E-state index contributed by atoms with van der Waals surface area (Å²) in [7, 11) is 0. The average Bonchev–Trinajstić information content (AvgIpc) is 2.75. The standard InChI is InChI=1S/C24H31ClFN3O/c1-2-27-13-12-17-9-11-21(25)23(15-17)28-16-18-8-10-20(22(26)14-18)24(30)29-19-6-4-3-5-7-19/h8-11,14-15,19,27-28H,2-7,12-13,16H2,1H3,(H,29,30). The van der Waals surface area contributed by atoms with Gasteiger partial charge in [0.15, 0.2) is 0 Å². The van der Waals surface area contributed by atoms with Crippen LogP contribution in [0.25, 0.3) is 0 Å². The number of halogens is 2. The number of nitrogens with one attached hydrogen (secondary N) is 3. The first-order chi connectivity index (χ1) is 14.6. The molecule has 6 heteroatoms. The molecule has 0 spiro atoms. The van der Waals surface area contributed by atoms with Gasteiger partial charge in [-0.25, -0.2) is 4.39 Å². The van der Waals surface area contributed by atoms with Crippen LogP contribution in [0, 0.1) is 5.82 Å². The molecule has 1 amide bonds. The molecule has 0 radical (unpaired) electrons. The van der Waals surface area contributed by atoms with E-state index in [0.717, 1.165) is 56.4 Å². The number of carbonyl (C=O) groups is 1. The van der Waals surface area contributed by atoms with Gasteiger partial charge in [0.25, 0.3) is 5.91 Å². The van der Waals surface area contributed by atoms with Gasteiger partial charge in [0.1, 0.15) is 5.82 Å². The van der Waals surface area contributed by atoms with Crippen molar-refractivity contribution in [3.63, 3.8) is 0 Å². The van der Waals surface area contributed by atoms with Crippen molar-refractivity contribution in [3.05, 3.63) is 63.9 Å². The second-order valence-electron chi connectivity index (χ2n) is 7.89. The summed E-state index contributed by atoms with van der Waals surface area (Å²) >= 11 is 6.31. The monoisotopic (exact) mass is 431 g/mol. The molecule has 0 bridgehead atoms. The van der Waals surface area contributed by atoms with Crippen molar-refractivity contribution in [2.75, 3.05) is 18.4 Å². The van der Waals surface area contributed by atoms with E-state index in [-0.39, 0.29) is 17.5 Å². The number of likely N-dealkylation sites (N-methyl/N-ethyl adjacent to an activating group) is 1. The Morgan fingerprint density at radius 3 is 2.60 bits per heavy atom. The van der Waals surface area contributed by atoms with Gasteiger partial charge >= 0.3 is 0 Å². The van der Waals surface area contributed by atoms with Gasteiger partial charge in [0.2, 0.25) is 0 Å². The lowest BCUT2D eigenvalue weighted by Gasteiger charge is -2.22. The van der Waals surface area contributed by atoms with Gasteiger partial charge in [0.05, 0.1) is 16.3 Å². The molecule has 2 aromatic carbocycles. The smallest absolute Gasteiger partial charge is 0.254 e. The zero-order valence-corrected chi connectivity index (χ0v) is 18.3. The third-order valence-corrected chi connectivity index (χ3v) is 5.90. The maximum absolute atomic E-state index is 14.6. The molecular formula is C24H31ClFN3O. The Morgan fingerprint density at radius 1 is 1.10 bits per heavy atom. The molecule has 0 atom stereocenters. The second kappa shape index (κ2) is 11.3. The average molecular weight is 432 g/mol. The van der Waals surface area contributed by atoms with E-state index in [1.165, 1.54) is 18.1 Å². The van der Waals surface area contributed by atoms with Crippen LogP contribution in [0.2, 0.25) is 5.02 Å². The SMILES string of the molecule is CCNCCc1ccc(Cl)c(NCc2ccc(C(=O)NC3CCCCC3)c(F)c2)c1. The topological polar surface area (TPSA) is 53.2 Å². The van der Waals surface area contributed by atoms with Crippen LogP contribution in [0.1, 0.15) is 60.5 Å². The predicted octanol–water partition coefficient (Wildman–Crippen LogP) is 5.31. The Labute approximate surface area is 183 Å². The number of amides is 1. The van der Waals surface area contributed by atoms with Crippen LogP contribution in [0.15, 0.2) is 36.4 Å². The van der Waals surface area contributed by atoms with Crippen LogP contribution in [-0.4, -0.2) is 25.0 Å². The van der Waals surface area contributed by atoms with Gasteiger partial charge in [-0.3, -0.25) is 4.79 Å². The summed E-state index contributed by atoms with van der Waals surface area (Å²) in [4.78, 5) is 12.4. The van der Waals surface area contributed by atoms with Crippen molar-refractivity contribution in [1.29, 1.82) is 0 Å². The van der Waals surface area contributed by atoms with Crippen molar-refractivity contribution in [2.24, 2.45) is 0 Å². The number of carbonyl (C=O) groups excluding carboxylic acids is 1. The molecule has 1 saturated carbocycles. The number of benzene rings is 2. The van der Waals surface area contributed by atoms with E-state index < -0.39 is 5.82 Å². The summed E-state index contributed by atoms with van der Waals surface area (Å²) in [6.07, 6.45) is 6.32. The molecule has 0 aromatic heterocycles. The third-order valence-electron chi connectivity index (χ3n) is 5.57. The van der Waals surface area contributed by atoms with Gasteiger partial charge in [0, 0.05) is 12.6 Å². The molecule has 2 aromatic rings. The lowest BCUT2D eigenvalue weighted by Crippen LogP contribution is -2.36. The minimum Gasteiger partial charge on any atom is -0.380 e.